The molecule has 1 heterocycles. The maximum atomic E-state index is 12.0. The Labute approximate surface area is 128 Å². The number of sulfonamides is 1. The van der Waals surface area contributed by atoms with Crippen molar-refractivity contribution in [2.75, 3.05) is 13.2 Å². The summed E-state index contributed by atoms with van der Waals surface area (Å²) in [7, 11) is -3.44. The minimum Gasteiger partial charge on any atom is -0.494 e. The predicted octanol–water partition coefficient (Wildman–Crippen LogP) is 1.95. The molecule has 0 amide bonds. The van der Waals surface area contributed by atoms with Crippen molar-refractivity contribution in [1.82, 2.24) is 4.72 Å². The molecule has 0 radical (unpaired) electrons. The molecule has 0 aliphatic carbocycles. The minimum absolute atomic E-state index is 0.298. The molecule has 21 heavy (non-hydrogen) atoms. The van der Waals surface area contributed by atoms with Gasteiger partial charge in [0.05, 0.1) is 6.61 Å². The Morgan fingerprint density at radius 1 is 1.24 bits per heavy atom. The Balaban J connectivity index is 1.75. The molecule has 0 atom stereocenters. The quantitative estimate of drug-likeness (QED) is 0.727. The highest BCUT2D eigenvalue weighted by atomic mass is 32.2. The van der Waals surface area contributed by atoms with Crippen molar-refractivity contribution in [2.24, 2.45) is 5.73 Å². The van der Waals surface area contributed by atoms with Crippen molar-refractivity contribution in [3.63, 3.8) is 0 Å². The summed E-state index contributed by atoms with van der Waals surface area (Å²) in [5, 5.41) is 1.76. The van der Waals surface area contributed by atoms with Crippen LogP contribution in [-0.2, 0) is 16.6 Å². The molecular formula is C14H18N2O3S2. The topological polar surface area (TPSA) is 81.4 Å². The lowest BCUT2D eigenvalue weighted by Crippen LogP contribution is -2.25. The largest absolute Gasteiger partial charge is 0.494 e. The standard InChI is InChI=1S/C14H18N2O3S2/c15-10-12-9-14(20-11-12)21(17,18)16-7-4-8-19-13-5-2-1-3-6-13/h1-3,5-6,9,11,16H,4,7-8,10,15H2. The van der Waals surface area contributed by atoms with Gasteiger partial charge in [-0.2, -0.15) is 0 Å². The molecule has 3 N–H and O–H groups in total. The van der Waals surface area contributed by atoms with Gasteiger partial charge in [-0.3, -0.25) is 0 Å². The third-order valence-electron chi connectivity index (χ3n) is 2.76. The van der Waals surface area contributed by atoms with Gasteiger partial charge in [0.1, 0.15) is 9.96 Å². The molecular weight excluding hydrogens is 308 g/mol. The maximum absolute atomic E-state index is 12.0. The summed E-state index contributed by atoms with van der Waals surface area (Å²) in [4.78, 5) is 0. The predicted molar refractivity (Wildman–Crippen MR) is 84.0 cm³/mol. The number of hydrogen-bond acceptors (Lipinski definition) is 5. The van der Waals surface area contributed by atoms with Crippen LogP contribution in [-0.4, -0.2) is 21.6 Å². The summed E-state index contributed by atoms with van der Waals surface area (Å²) in [6.07, 6.45) is 0.600. The van der Waals surface area contributed by atoms with E-state index in [4.69, 9.17) is 10.5 Å². The Bertz CT molecular complexity index is 654. The lowest BCUT2D eigenvalue weighted by molar-refractivity contribution is 0.311. The number of nitrogens with two attached hydrogens (primary N) is 1. The van der Waals surface area contributed by atoms with Crippen LogP contribution in [0, 0.1) is 0 Å². The molecule has 0 spiro atoms. The van der Waals surface area contributed by atoms with Crippen LogP contribution in [0.1, 0.15) is 12.0 Å². The molecule has 5 nitrogen and oxygen atoms in total. The van der Waals surface area contributed by atoms with Gasteiger partial charge in [0, 0.05) is 13.1 Å². The average molecular weight is 326 g/mol. The van der Waals surface area contributed by atoms with Gasteiger partial charge in [-0.1, -0.05) is 18.2 Å². The molecule has 1 aromatic heterocycles. The van der Waals surface area contributed by atoms with Crippen molar-refractivity contribution in [3.05, 3.63) is 47.3 Å². The fraction of sp³-hybridized carbons (Fsp3) is 0.286. The zero-order valence-electron chi connectivity index (χ0n) is 11.5. The number of thiophene rings is 1. The summed E-state index contributed by atoms with van der Waals surface area (Å²) in [5.41, 5.74) is 6.30. The van der Waals surface area contributed by atoms with Gasteiger partial charge < -0.3 is 10.5 Å². The second kappa shape index (κ2) is 7.56. The molecule has 0 saturated carbocycles. The van der Waals surface area contributed by atoms with E-state index in [1.165, 1.54) is 11.3 Å². The van der Waals surface area contributed by atoms with Gasteiger partial charge in [0.2, 0.25) is 10.0 Å². The summed E-state index contributed by atoms with van der Waals surface area (Å²) >= 11 is 1.18. The van der Waals surface area contributed by atoms with E-state index in [0.29, 0.717) is 30.3 Å². The number of benzene rings is 1. The van der Waals surface area contributed by atoms with Crippen LogP contribution < -0.4 is 15.2 Å². The lowest BCUT2D eigenvalue weighted by atomic mass is 10.3. The van der Waals surface area contributed by atoms with Crippen LogP contribution in [0.2, 0.25) is 0 Å². The number of ether oxygens (including phenoxy) is 1. The van der Waals surface area contributed by atoms with Crippen molar-refractivity contribution >= 4 is 21.4 Å². The molecule has 0 aliphatic rings. The first kappa shape index (κ1) is 16.0. The molecule has 0 unspecified atom stereocenters. The van der Waals surface area contributed by atoms with E-state index < -0.39 is 10.0 Å². The van der Waals surface area contributed by atoms with E-state index in [-0.39, 0.29) is 0 Å². The van der Waals surface area contributed by atoms with E-state index in [2.05, 4.69) is 4.72 Å². The molecule has 114 valence electrons. The molecule has 0 bridgehead atoms. The van der Waals surface area contributed by atoms with Crippen LogP contribution in [0.5, 0.6) is 5.75 Å². The first-order valence-corrected chi connectivity index (χ1v) is 8.93. The van der Waals surface area contributed by atoms with Gasteiger partial charge >= 0.3 is 0 Å². The van der Waals surface area contributed by atoms with E-state index in [1.807, 2.05) is 30.3 Å². The molecule has 0 fully saturated rings. The zero-order chi connectivity index (χ0) is 15.1. The van der Waals surface area contributed by atoms with Gasteiger partial charge in [-0.25, -0.2) is 13.1 Å². The summed E-state index contributed by atoms with van der Waals surface area (Å²) in [6.45, 7) is 1.15. The van der Waals surface area contributed by atoms with E-state index in [1.54, 1.807) is 11.4 Å². The zero-order valence-corrected chi connectivity index (χ0v) is 13.1. The average Bonchev–Trinajstić information content (AvgIpc) is 2.98. The highest BCUT2D eigenvalue weighted by molar-refractivity contribution is 7.91. The second-order valence-electron chi connectivity index (χ2n) is 4.39. The van der Waals surface area contributed by atoms with Crippen LogP contribution in [0.4, 0.5) is 0 Å². The molecule has 2 rings (SSSR count). The molecule has 2 aromatic rings. The first-order chi connectivity index (χ1) is 10.1. The van der Waals surface area contributed by atoms with Crippen molar-refractivity contribution in [3.8, 4) is 5.75 Å². The van der Waals surface area contributed by atoms with Crippen LogP contribution in [0.25, 0.3) is 0 Å². The number of hydrogen-bond donors (Lipinski definition) is 2. The van der Waals surface area contributed by atoms with Crippen molar-refractivity contribution in [2.45, 2.75) is 17.2 Å². The van der Waals surface area contributed by atoms with Gasteiger partial charge in [-0.15, -0.1) is 11.3 Å². The molecule has 0 aliphatic heterocycles. The normalized spacial score (nSPS) is 11.5. The summed E-state index contributed by atoms with van der Waals surface area (Å²) in [5.74, 6) is 0.784. The van der Waals surface area contributed by atoms with Crippen molar-refractivity contribution in [1.29, 1.82) is 0 Å². The third-order valence-corrected chi connectivity index (χ3v) is 5.70. The number of para-hydroxylation sites is 1. The number of nitrogens with one attached hydrogen (secondary N) is 1. The monoisotopic (exact) mass is 326 g/mol. The van der Waals surface area contributed by atoms with Gasteiger partial charge in [-0.05, 0) is 35.6 Å². The Hall–Kier alpha value is -1.41. The SMILES string of the molecule is NCc1csc(S(=O)(=O)NCCCOc2ccccc2)c1. The fourth-order valence-corrected chi connectivity index (χ4v) is 4.00. The molecule has 1 aromatic carbocycles. The van der Waals surface area contributed by atoms with E-state index in [0.717, 1.165) is 11.3 Å². The van der Waals surface area contributed by atoms with Crippen LogP contribution in [0.3, 0.4) is 0 Å². The second-order valence-corrected chi connectivity index (χ2v) is 7.30. The summed E-state index contributed by atoms with van der Waals surface area (Å²) < 4.78 is 32.4. The first-order valence-electron chi connectivity index (χ1n) is 6.57. The maximum Gasteiger partial charge on any atom is 0.250 e. The molecule has 7 heteroatoms. The highest BCUT2D eigenvalue weighted by Gasteiger charge is 2.15. The minimum atomic E-state index is -3.44. The lowest BCUT2D eigenvalue weighted by Gasteiger charge is -2.07. The molecule has 0 saturated heterocycles. The highest BCUT2D eigenvalue weighted by Crippen LogP contribution is 2.19. The summed E-state index contributed by atoms with van der Waals surface area (Å²) in [6, 6.07) is 11.0. The Kier molecular flexibility index (Phi) is 5.75. The van der Waals surface area contributed by atoms with Crippen LogP contribution in [0.15, 0.2) is 46.0 Å². The van der Waals surface area contributed by atoms with Crippen molar-refractivity contribution < 1.29 is 13.2 Å². The third kappa shape index (κ3) is 4.82. The van der Waals surface area contributed by atoms with E-state index in [9.17, 15) is 8.42 Å². The Morgan fingerprint density at radius 3 is 2.67 bits per heavy atom. The smallest absolute Gasteiger partial charge is 0.250 e. The van der Waals surface area contributed by atoms with Gasteiger partial charge in [0.25, 0.3) is 0 Å². The Morgan fingerprint density at radius 2 is 2.00 bits per heavy atom. The van der Waals surface area contributed by atoms with Crippen LogP contribution >= 0.6 is 11.3 Å². The number of rotatable bonds is 8. The van der Waals surface area contributed by atoms with E-state index >= 15 is 0 Å². The van der Waals surface area contributed by atoms with Gasteiger partial charge in [0.15, 0.2) is 0 Å². The fourth-order valence-electron chi connectivity index (χ4n) is 1.66.